The van der Waals surface area contributed by atoms with Gasteiger partial charge in [0, 0.05) is 11.8 Å². The van der Waals surface area contributed by atoms with Gasteiger partial charge in [0.05, 0.1) is 5.69 Å². The lowest BCUT2D eigenvalue weighted by molar-refractivity contribution is 0.358. The molecule has 3 aromatic rings. The normalized spacial score (nSPS) is 12.5. The van der Waals surface area contributed by atoms with Crippen LogP contribution in [0.3, 0.4) is 0 Å². The molecule has 0 aliphatic carbocycles. The van der Waals surface area contributed by atoms with Crippen molar-refractivity contribution in [3.05, 3.63) is 77.5 Å². The lowest BCUT2D eigenvalue weighted by atomic mass is 9.40. The molecule has 31 heavy (non-hydrogen) atoms. The van der Waals surface area contributed by atoms with E-state index in [0.717, 1.165) is 11.3 Å². The summed E-state index contributed by atoms with van der Waals surface area (Å²) in [6, 6.07) is 19.8. The van der Waals surface area contributed by atoms with Gasteiger partial charge in [0.2, 0.25) is 0 Å². The molecule has 1 aromatic heterocycles. The SMILES string of the molecule is BC(B)(c1cc(C(C)C)c(-c2ccnc(-c3ccccc3)c2)c(C(C)C)c1)C(C)(C)C. The van der Waals surface area contributed by atoms with E-state index in [9.17, 15) is 0 Å². The molecule has 0 unspecified atom stereocenters. The number of benzene rings is 2. The van der Waals surface area contributed by atoms with Gasteiger partial charge in [-0.3, -0.25) is 4.98 Å². The van der Waals surface area contributed by atoms with Crippen molar-refractivity contribution in [2.24, 2.45) is 5.41 Å². The maximum atomic E-state index is 4.67. The number of rotatable bonds is 5. The van der Waals surface area contributed by atoms with Crippen molar-refractivity contribution in [3.8, 4) is 22.4 Å². The number of hydrogen-bond donors (Lipinski definition) is 0. The van der Waals surface area contributed by atoms with Crippen LogP contribution in [0.25, 0.3) is 22.4 Å². The fourth-order valence-corrected chi connectivity index (χ4v) is 4.08. The Labute approximate surface area is 191 Å². The van der Waals surface area contributed by atoms with E-state index >= 15 is 0 Å². The van der Waals surface area contributed by atoms with Gasteiger partial charge in [-0.1, -0.05) is 102 Å². The minimum atomic E-state index is 0.0756. The van der Waals surface area contributed by atoms with Crippen molar-refractivity contribution in [1.29, 1.82) is 0 Å². The molecule has 0 N–H and O–H groups in total. The second-order valence-corrected chi connectivity index (χ2v) is 11.0. The largest absolute Gasteiger partial charge is 0.256 e. The zero-order valence-electron chi connectivity index (χ0n) is 20.9. The molecule has 0 saturated heterocycles. The average Bonchev–Trinajstić information content (AvgIpc) is 2.72. The molecule has 0 aliphatic heterocycles. The Hall–Kier alpha value is -2.28. The van der Waals surface area contributed by atoms with E-state index in [4.69, 9.17) is 0 Å². The molecule has 0 spiro atoms. The summed E-state index contributed by atoms with van der Waals surface area (Å²) in [6.45, 7) is 16.3. The third-order valence-electron chi connectivity index (χ3n) is 7.16. The summed E-state index contributed by atoms with van der Waals surface area (Å²) in [4.78, 5) is 4.67. The van der Waals surface area contributed by atoms with E-state index in [1.54, 1.807) is 0 Å². The van der Waals surface area contributed by atoms with Crippen LogP contribution in [0.2, 0.25) is 0 Å². The fraction of sp³-hybridized carbons (Fsp3) is 0.393. The van der Waals surface area contributed by atoms with Gasteiger partial charge < -0.3 is 0 Å². The van der Waals surface area contributed by atoms with Gasteiger partial charge in [-0.15, -0.1) is 0 Å². The highest BCUT2D eigenvalue weighted by molar-refractivity contribution is 6.40. The molecular weight excluding hydrogens is 372 g/mol. The topological polar surface area (TPSA) is 12.9 Å². The predicted molar refractivity (Wildman–Crippen MR) is 142 cm³/mol. The highest BCUT2D eigenvalue weighted by Gasteiger charge is 2.35. The van der Waals surface area contributed by atoms with Gasteiger partial charge >= 0.3 is 0 Å². The molecule has 0 bridgehead atoms. The van der Waals surface area contributed by atoms with Crippen LogP contribution in [0.5, 0.6) is 0 Å². The molecule has 1 heterocycles. The van der Waals surface area contributed by atoms with Gasteiger partial charge in [0.1, 0.15) is 15.7 Å². The van der Waals surface area contributed by atoms with Crippen molar-refractivity contribution in [3.63, 3.8) is 0 Å². The molecule has 3 rings (SSSR count). The second kappa shape index (κ2) is 8.69. The average molecular weight is 409 g/mol. The third-order valence-corrected chi connectivity index (χ3v) is 7.16. The Kier molecular flexibility index (Phi) is 6.56. The third kappa shape index (κ3) is 4.66. The molecule has 160 valence electrons. The summed E-state index contributed by atoms with van der Waals surface area (Å²) in [5, 5.41) is 0.0756. The summed E-state index contributed by atoms with van der Waals surface area (Å²) >= 11 is 0. The van der Waals surface area contributed by atoms with Gasteiger partial charge in [0.15, 0.2) is 0 Å². The van der Waals surface area contributed by atoms with Crippen LogP contribution in [0.15, 0.2) is 60.8 Å². The molecule has 0 amide bonds. The highest BCUT2D eigenvalue weighted by Crippen LogP contribution is 2.43. The first-order chi connectivity index (χ1) is 14.4. The number of nitrogens with zero attached hydrogens (tertiary/aromatic N) is 1. The van der Waals surface area contributed by atoms with E-state index in [1.807, 2.05) is 6.20 Å². The zero-order chi connectivity index (χ0) is 23.0. The molecule has 0 aliphatic rings. The van der Waals surface area contributed by atoms with Gasteiger partial charge in [0.25, 0.3) is 0 Å². The van der Waals surface area contributed by atoms with Crippen molar-refractivity contribution < 1.29 is 0 Å². The van der Waals surface area contributed by atoms with Gasteiger partial charge in [-0.2, -0.15) is 0 Å². The molecule has 0 fully saturated rings. The molecular formula is C28H37B2N. The van der Waals surface area contributed by atoms with E-state index in [1.165, 1.54) is 27.8 Å². The Morgan fingerprint density at radius 3 is 1.77 bits per heavy atom. The van der Waals surface area contributed by atoms with E-state index in [-0.39, 0.29) is 10.6 Å². The number of pyridine rings is 1. The minimum Gasteiger partial charge on any atom is -0.256 e. The molecule has 0 atom stereocenters. The summed E-state index contributed by atoms with van der Waals surface area (Å²) in [7, 11) is 4.77. The second-order valence-electron chi connectivity index (χ2n) is 11.0. The van der Waals surface area contributed by atoms with E-state index in [0.29, 0.717) is 11.8 Å². The number of aromatic nitrogens is 1. The molecule has 0 saturated carbocycles. The summed E-state index contributed by atoms with van der Waals surface area (Å²) in [5.41, 5.74) is 9.32. The first kappa shape index (κ1) is 23.4. The summed E-state index contributed by atoms with van der Waals surface area (Å²) < 4.78 is 0. The predicted octanol–water partition coefficient (Wildman–Crippen LogP) is 6.13. The number of hydrogen-bond acceptors (Lipinski definition) is 1. The van der Waals surface area contributed by atoms with Crippen LogP contribution < -0.4 is 0 Å². The fourth-order valence-electron chi connectivity index (χ4n) is 4.08. The van der Waals surface area contributed by atoms with Crippen LogP contribution in [-0.2, 0) is 5.21 Å². The zero-order valence-corrected chi connectivity index (χ0v) is 20.9. The maximum absolute atomic E-state index is 4.67. The summed E-state index contributed by atoms with van der Waals surface area (Å²) in [6.07, 6.45) is 1.96. The van der Waals surface area contributed by atoms with Crippen LogP contribution in [0.4, 0.5) is 0 Å². The Morgan fingerprint density at radius 1 is 0.742 bits per heavy atom. The van der Waals surface area contributed by atoms with Crippen LogP contribution >= 0.6 is 0 Å². The Bertz CT molecular complexity index is 1020. The quantitative estimate of drug-likeness (QED) is 0.462. The van der Waals surface area contributed by atoms with E-state index < -0.39 is 0 Å². The van der Waals surface area contributed by atoms with Crippen LogP contribution in [0.1, 0.15) is 77.0 Å². The van der Waals surface area contributed by atoms with Gasteiger partial charge in [-0.05, 0) is 51.6 Å². The lowest BCUT2D eigenvalue weighted by Crippen LogP contribution is -2.41. The molecule has 2 aromatic carbocycles. The monoisotopic (exact) mass is 409 g/mol. The van der Waals surface area contributed by atoms with Crippen molar-refractivity contribution in [2.75, 3.05) is 0 Å². The minimum absolute atomic E-state index is 0.0756. The van der Waals surface area contributed by atoms with Crippen LogP contribution in [0, 0.1) is 5.41 Å². The lowest BCUT2D eigenvalue weighted by Gasteiger charge is -2.41. The smallest absolute Gasteiger partial charge is 0.105 e. The Morgan fingerprint density at radius 2 is 1.29 bits per heavy atom. The molecule has 3 heteroatoms. The first-order valence-corrected chi connectivity index (χ1v) is 11.6. The van der Waals surface area contributed by atoms with Crippen molar-refractivity contribution in [2.45, 2.75) is 65.5 Å². The van der Waals surface area contributed by atoms with Gasteiger partial charge in [-0.25, -0.2) is 0 Å². The Balaban J connectivity index is 2.28. The highest BCUT2D eigenvalue weighted by atomic mass is 14.7. The van der Waals surface area contributed by atoms with Crippen LogP contribution in [-0.4, -0.2) is 20.7 Å². The first-order valence-electron chi connectivity index (χ1n) is 11.6. The standard InChI is InChI=1S/C28H37B2N/c1-18(2)23-16-22(28(29,30)27(5,6)7)17-24(19(3)4)26(23)21-13-14-31-25(15-21)20-11-9-8-10-12-20/h8-19H,29-30H2,1-7H3. The van der Waals surface area contributed by atoms with Crippen molar-refractivity contribution in [1.82, 2.24) is 4.98 Å². The van der Waals surface area contributed by atoms with Crippen molar-refractivity contribution >= 4 is 15.7 Å². The van der Waals surface area contributed by atoms with E-state index in [2.05, 4.69) is 124 Å². The summed E-state index contributed by atoms with van der Waals surface area (Å²) in [5.74, 6) is 0.883. The molecule has 1 nitrogen and oxygen atoms in total. The molecule has 0 radical (unpaired) electrons. The maximum Gasteiger partial charge on any atom is 0.105 e.